The van der Waals surface area contributed by atoms with E-state index in [1.807, 2.05) is 0 Å². The SMILES string of the molecule is O=CCCC(Cl)(Cl)Cl. The van der Waals surface area contributed by atoms with E-state index >= 15 is 0 Å². The van der Waals surface area contributed by atoms with E-state index in [2.05, 4.69) is 0 Å². The van der Waals surface area contributed by atoms with Crippen LogP contribution in [0.2, 0.25) is 0 Å². The first-order valence-electron chi connectivity index (χ1n) is 2.06. The zero-order chi connectivity index (χ0) is 6.62. The van der Waals surface area contributed by atoms with E-state index in [0.29, 0.717) is 12.8 Å². The number of aldehydes is 1. The van der Waals surface area contributed by atoms with Crippen molar-refractivity contribution >= 4 is 41.1 Å². The molecule has 0 aliphatic rings. The second-order valence-electron chi connectivity index (χ2n) is 1.32. The van der Waals surface area contributed by atoms with Crippen LogP contribution in [0.5, 0.6) is 0 Å². The number of rotatable bonds is 2. The molecule has 0 fully saturated rings. The van der Waals surface area contributed by atoms with Gasteiger partial charge in [0.05, 0.1) is 0 Å². The fourth-order valence-corrected chi connectivity index (χ4v) is 0.550. The lowest BCUT2D eigenvalue weighted by molar-refractivity contribution is -0.107. The molecule has 0 atom stereocenters. The Morgan fingerprint density at radius 1 is 1.38 bits per heavy atom. The van der Waals surface area contributed by atoms with E-state index < -0.39 is 3.79 Å². The average molecular weight is 175 g/mol. The van der Waals surface area contributed by atoms with Crippen molar-refractivity contribution < 1.29 is 4.79 Å². The standard InChI is InChI=1S/C4H5Cl3O/c5-4(6,7)2-1-3-8/h3H,1-2H2. The van der Waals surface area contributed by atoms with Gasteiger partial charge in [0.25, 0.3) is 0 Å². The molecule has 0 amide bonds. The molecule has 48 valence electrons. The van der Waals surface area contributed by atoms with Gasteiger partial charge in [-0.05, 0) is 0 Å². The fraction of sp³-hybridized carbons (Fsp3) is 0.750. The monoisotopic (exact) mass is 174 g/mol. The first-order chi connectivity index (χ1) is 3.56. The van der Waals surface area contributed by atoms with E-state index in [9.17, 15) is 4.79 Å². The molecule has 0 saturated carbocycles. The molecule has 0 heterocycles. The van der Waals surface area contributed by atoms with Crippen molar-refractivity contribution in [3.63, 3.8) is 0 Å². The Hall–Kier alpha value is 0.540. The molecule has 0 N–H and O–H groups in total. The Kier molecular flexibility index (Phi) is 3.78. The molecule has 8 heavy (non-hydrogen) atoms. The van der Waals surface area contributed by atoms with Crippen LogP contribution in [-0.4, -0.2) is 10.1 Å². The Bertz CT molecular complexity index is 75.8. The summed E-state index contributed by atoms with van der Waals surface area (Å²) in [5.74, 6) is 0. The Morgan fingerprint density at radius 3 is 2.00 bits per heavy atom. The van der Waals surface area contributed by atoms with Crippen LogP contribution in [0.15, 0.2) is 0 Å². The summed E-state index contributed by atoms with van der Waals surface area (Å²) in [6, 6.07) is 0. The molecule has 4 heteroatoms. The molecule has 1 nitrogen and oxygen atoms in total. The normalized spacial score (nSPS) is 11.4. The van der Waals surface area contributed by atoms with Crippen molar-refractivity contribution in [2.45, 2.75) is 16.6 Å². The number of halogens is 3. The summed E-state index contributed by atoms with van der Waals surface area (Å²) in [6.07, 6.45) is 1.32. The van der Waals surface area contributed by atoms with Gasteiger partial charge in [-0.3, -0.25) is 0 Å². The summed E-state index contributed by atoms with van der Waals surface area (Å²) in [5.41, 5.74) is 0. The third-order valence-electron chi connectivity index (χ3n) is 0.546. The van der Waals surface area contributed by atoms with Crippen LogP contribution < -0.4 is 0 Å². The molecular formula is C4H5Cl3O. The van der Waals surface area contributed by atoms with Crippen LogP contribution in [0.4, 0.5) is 0 Å². The van der Waals surface area contributed by atoms with Gasteiger partial charge in [0.2, 0.25) is 0 Å². The van der Waals surface area contributed by atoms with Gasteiger partial charge < -0.3 is 4.79 Å². The van der Waals surface area contributed by atoms with Crippen molar-refractivity contribution in [2.75, 3.05) is 0 Å². The molecule has 0 bridgehead atoms. The van der Waals surface area contributed by atoms with Gasteiger partial charge in [0.15, 0.2) is 3.79 Å². The Morgan fingerprint density at radius 2 is 1.88 bits per heavy atom. The van der Waals surface area contributed by atoms with E-state index in [-0.39, 0.29) is 0 Å². The first kappa shape index (κ1) is 8.54. The van der Waals surface area contributed by atoms with Crippen LogP contribution in [0.25, 0.3) is 0 Å². The highest BCUT2D eigenvalue weighted by atomic mass is 35.6. The number of hydrogen-bond donors (Lipinski definition) is 0. The number of hydrogen-bond acceptors (Lipinski definition) is 1. The zero-order valence-corrected chi connectivity index (χ0v) is 6.30. The third kappa shape index (κ3) is 6.54. The molecule has 0 radical (unpaired) electrons. The molecule has 0 unspecified atom stereocenters. The molecule has 0 aromatic carbocycles. The van der Waals surface area contributed by atoms with E-state index in [0.717, 1.165) is 6.29 Å². The maximum Gasteiger partial charge on any atom is 0.191 e. The van der Waals surface area contributed by atoms with Crippen LogP contribution in [-0.2, 0) is 4.79 Å². The van der Waals surface area contributed by atoms with Gasteiger partial charge in [-0.2, -0.15) is 0 Å². The molecule has 0 aliphatic heterocycles. The maximum absolute atomic E-state index is 9.68. The summed E-state index contributed by atoms with van der Waals surface area (Å²) in [6.45, 7) is 0. The van der Waals surface area contributed by atoms with Crippen molar-refractivity contribution in [1.82, 2.24) is 0 Å². The predicted molar refractivity (Wildman–Crippen MR) is 35.6 cm³/mol. The number of carbonyl (C=O) groups is 1. The molecule has 0 saturated heterocycles. The Labute approximate surface area is 62.9 Å². The lowest BCUT2D eigenvalue weighted by atomic mass is 10.4. The smallest absolute Gasteiger partial charge is 0.191 e. The van der Waals surface area contributed by atoms with E-state index in [1.54, 1.807) is 0 Å². The van der Waals surface area contributed by atoms with Gasteiger partial charge >= 0.3 is 0 Å². The number of carbonyl (C=O) groups excluding carboxylic acids is 1. The van der Waals surface area contributed by atoms with Crippen LogP contribution in [0.1, 0.15) is 12.8 Å². The highest BCUT2D eigenvalue weighted by molar-refractivity contribution is 6.67. The summed E-state index contributed by atoms with van der Waals surface area (Å²) in [4.78, 5) is 9.68. The van der Waals surface area contributed by atoms with Gasteiger partial charge in [0.1, 0.15) is 6.29 Å². The topological polar surface area (TPSA) is 17.1 Å². The molecule has 0 spiro atoms. The summed E-state index contributed by atoms with van der Waals surface area (Å²) in [7, 11) is 0. The zero-order valence-electron chi connectivity index (χ0n) is 4.03. The molecule has 0 aromatic heterocycles. The Balaban J connectivity index is 3.24. The van der Waals surface area contributed by atoms with Gasteiger partial charge in [0, 0.05) is 12.8 Å². The predicted octanol–water partition coefficient (Wildman–Crippen LogP) is 2.34. The van der Waals surface area contributed by atoms with E-state index in [1.165, 1.54) is 0 Å². The quantitative estimate of drug-likeness (QED) is 0.465. The second-order valence-corrected chi connectivity index (χ2v) is 3.84. The van der Waals surface area contributed by atoms with Crippen LogP contribution in [0.3, 0.4) is 0 Å². The maximum atomic E-state index is 9.68. The van der Waals surface area contributed by atoms with Crippen molar-refractivity contribution in [3.8, 4) is 0 Å². The minimum atomic E-state index is -1.26. The minimum Gasteiger partial charge on any atom is -0.303 e. The molecule has 0 aliphatic carbocycles. The van der Waals surface area contributed by atoms with Crippen LogP contribution >= 0.6 is 34.8 Å². The molecule has 0 rings (SSSR count). The van der Waals surface area contributed by atoms with Gasteiger partial charge in [-0.25, -0.2) is 0 Å². The van der Waals surface area contributed by atoms with Gasteiger partial charge in [-0.15, -0.1) is 0 Å². The third-order valence-corrected chi connectivity index (χ3v) is 1.11. The number of alkyl halides is 3. The second kappa shape index (κ2) is 3.54. The lowest BCUT2D eigenvalue weighted by Crippen LogP contribution is -2.00. The van der Waals surface area contributed by atoms with Crippen molar-refractivity contribution in [1.29, 1.82) is 0 Å². The first-order valence-corrected chi connectivity index (χ1v) is 3.20. The van der Waals surface area contributed by atoms with E-state index in [4.69, 9.17) is 34.8 Å². The lowest BCUT2D eigenvalue weighted by Gasteiger charge is -2.05. The summed E-state index contributed by atoms with van der Waals surface area (Å²) < 4.78 is -1.26. The average Bonchev–Trinajstić information content (AvgIpc) is 1.59. The van der Waals surface area contributed by atoms with Crippen molar-refractivity contribution in [3.05, 3.63) is 0 Å². The largest absolute Gasteiger partial charge is 0.303 e. The highest BCUT2D eigenvalue weighted by Gasteiger charge is 2.17. The van der Waals surface area contributed by atoms with Crippen LogP contribution in [0, 0.1) is 0 Å². The summed E-state index contributed by atoms with van der Waals surface area (Å²) in [5, 5.41) is 0. The van der Waals surface area contributed by atoms with Gasteiger partial charge in [-0.1, -0.05) is 34.8 Å². The minimum absolute atomic E-state index is 0.293. The van der Waals surface area contributed by atoms with Crippen molar-refractivity contribution in [2.24, 2.45) is 0 Å². The molecule has 0 aromatic rings. The summed E-state index contributed by atoms with van der Waals surface area (Å²) >= 11 is 15.9. The fourth-order valence-electron chi connectivity index (χ4n) is 0.223. The highest BCUT2D eigenvalue weighted by Crippen LogP contribution is 2.30. The molecular weight excluding hydrogens is 170 g/mol.